The van der Waals surface area contributed by atoms with E-state index in [2.05, 4.69) is 11.9 Å². The first kappa shape index (κ1) is 13.1. The molecule has 2 fully saturated rings. The number of likely N-dealkylation sites (N-methyl/N-ethyl adjacent to an activating group) is 1. The Balaban J connectivity index is 1.96. The Labute approximate surface area is 124 Å². The molecule has 4 nitrogen and oxygen atoms in total. The van der Waals surface area contributed by atoms with Gasteiger partial charge in [0.1, 0.15) is 5.78 Å². The number of nitrogens with zero attached hydrogens (tertiary/aromatic N) is 1. The quantitative estimate of drug-likeness (QED) is 0.716. The number of rotatable bonds is 0. The summed E-state index contributed by atoms with van der Waals surface area (Å²) in [6.45, 7) is 0.947. The van der Waals surface area contributed by atoms with E-state index in [1.807, 2.05) is 6.07 Å². The summed E-state index contributed by atoms with van der Waals surface area (Å²) in [4.78, 5) is 14.6. The molecule has 1 saturated heterocycles. The lowest BCUT2D eigenvalue weighted by Gasteiger charge is -2.57. The summed E-state index contributed by atoms with van der Waals surface area (Å²) < 4.78 is 0. The Morgan fingerprint density at radius 1 is 1.33 bits per heavy atom. The number of hydrogen-bond acceptors (Lipinski definition) is 4. The van der Waals surface area contributed by atoms with Gasteiger partial charge in [0.2, 0.25) is 0 Å². The monoisotopic (exact) mass is 287 g/mol. The second-order valence-corrected chi connectivity index (χ2v) is 6.99. The molecule has 1 heterocycles. The molecule has 0 spiro atoms. The van der Waals surface area contributed by atoms with Gasteiger partial charge in [0.05, 0.1) is 0 Å². The minimum atomic E-state index is -0.261. The average Bonchev–Trinajstić information content (AvgIpc) is 2.46. The van der Waals surface area contributed by atoms with Crippen molar-refractivity contribution < 1.29 is 15.0 Å². The molecule has 0 amide bonds. The third kappa shape index (κ3) is 1.62. The fraction of sp³-hybridized carbons (Fsp3) is 0.588. The number of piperidine rings is 1. The first-order chi connectivity index (χ1) is 10.0. The zero-order valence-electron chi connectivity index (χ0n) is 12.3. The SMILES string of the molecule is CN1CC[C@]23CC(=O)CCC2[C@H]1Cc1ccc(O)c(O)c13. The summed E-state index contributed by atoms with van der Waals surface area (Å²) in [7, 11) is 2.16. The number of phenols is 2. The van der Waals surface area contributed by atoms with E-state index in [1.54, 1.807) is 6.07 Å². The van der Waals surface area contributed by atoms with Crippen molar-refractivity contribution in [1.29, 1.82) is 0 Å². The molecular formula is C17H21NO3. The standard InChI is InChI=1S/C17H21NO3/c1-18-7-6-17-9-11(19)3-4-12(17)13(18)8-10-2-5-14(20)16(21)15(10)17/h2,5,12-13,20-21H,3-4,6-9H2,1H3/t12?,13-,17+/m1/s1. The molecule has 21 heavy (non-hydrogen) atoms. The van der Waals surface area contributed by atoms with Crippen molar-refractivity contribution in [3.05, 3.63) is 23.3 Å². The predicted octanol–water partition coefficient (Wildman–Crippen LogP) is 1.97. The Hall–Kier alpha value is -1.55. The zero-order chi connectivity index (χ0) is 14.8. The molecule has 4 rings (SSSR count). The summed E-state index contributed by atoms with van der Waals surface area (Å²) in [5, 5.41) is 20.4. The topological polar surface area (TPSA) is 60.8 Å². The van der Waals surface area contributed by atoms with Crippen LogP contribution in [0.1, 0.15) is 36.8 Å². The van der Waals surface area contributed by atoms with E-state index in [-0.39, 0.29) is 16.9 Å². The van der Waals surface area contributed by atoms with Crippen molar-refractivity contribution in [3.8, 4) is 11.5 Å². The maximum atomic E-state index is 12.1. The number of fused-ring (bicyclic) bond motifs is 1. The number of carbonyl (C=O) groups is 1. The molecule has 0 radical (unpaired) electrons. The molecule has 112 valence electrons. The fourth-order valence-corrected chi connectivity index (χ4v) is 5.12. The van der Waals surface area contributed by atoms with E-state index < -0.39 is 0 Å². The van der Waals surface area contributed by atoms with E-state index >= 15 is 0 Å². The molecule has 2 aliphatic carbocycles. The van der Waals surface area contributed by atoms with Crippen molar-refractivity contribution in [2.75, 3.05) is 13.6 Å². The molecule has 3 aliphatic rings. The van der Waals surface area contributed by atoms with Gasteiger partial charge in [0.25, 0.3) is 0 Å². The molecule has 4 heteroatoms. The highest BCUT2D eigenvalue weighted by atomic mass is 16.3. The molecule has 1 aliphatic heterocycles. The maximum Gasteiger partial charge on any atom is 0.161 e. The van der Waals surface area contributed by atoms with Gasteiger partial charge in [-0.3, -0.25) is 4.79 Å². The zero-order valence-corrected chi connectivity index (χ0v) is 12.3. The van der Waals surface area contributed by atoms with Crippen molar-refractivity contribution in [3.63, 3.8) is 0 Å². The third-order valence-corrected chi connectivity index (χ3v) is 6.07. The summed E-state index contributed by atoms with van der Waals surface area (Å²) in [5.41, 5.74) is 1.71. The fourth-order valence-electron chi connectivity index (χ4n) is 5.12. The molecule has 1 saturated carbocycles. The summed E-state index contributed by atoms with van der Waals surface area (Å²) in [5.74, 6) is 0.659. The van der Waals surface area contributed by atoms with E-state index in [1.165, 1.54) is 0 Å². The predicted molar refractivity (Wildman–Crippen MR) is 78.5 cm³/mol. The molecule has 0 aromatic heterocycles. The Bertz CT molecular complexity index is 627. The molecular weight excluding hydrogens is 266 g/mol. The highest BCUT2D eigenvalue weighted by Gasteiger charge is 2.56. The molecule has 2 bridgehead atoms. The Morgan fingerprint density at radius 2 is 2.14 bits per heavy atom. The first-order valence-electron chi connectivity index (χ1n) is 7.79. The van der Waals surface area contributed by atoms with Crippen LogP contribution in [0.15, 0.2) is 12.1 Å². The normalized spacial score (nSPS) is 35.2. The van der Waals surface area contributed by atoms with Crippen LogP contribution in [-0.4, -0.2) is 40.5 Å². The van der Waals surface area contributed by atoms with Crippen molar-refractivity contribution >= 4 is 5.78 Å². The number of carbonyl (C=O) groups excluding carboxylic acids is 1. The third-order valence-electron chi connectivity index (χ3n) is 6.07. The van der Waals surface area contributed by atoms with Crippen molar-refractivity contribution in [2.24, 2.45) is 5.92 Å². The van der Waals surface area contributed by atoms with Gasteiger partial charge in [0, 0.05) is 29.9 Å². The van der Waals surface area contributed by atoms with E-state index in [0.717, 1.165) is 36.9 Å². The number of Topliss-reactive ketones (excluding diaryl/α,β-unsaturated/α-hetero) is 1. The molecule has 3 atom stereocenters. The number of ketones is 1. The van der Waals surface area contributed by atoms with Gasteiger partial charge in [-0.15, -0.1) is 0 Å². The van der Waals surface area contributed by atoms with Gasteiger partial charge in [-0.1, -0.05) is 6.07 Å². The van der Waals surface area contributed by atoms with E-state index in [0.29, 0.717) is 30.6 Å². The van der Waals surface area contributed by atoms with Crippen LogP contribution >= 0.6 is 0 Å². The second-order valence-electron chi connectivity index (χ2n) is 6.99. The van der Waals surface area contributed by atoms with Crippen LogP contribution in [0.3, 0.4) is 0 Å². The first-order valence-corrected chi connectivity index (χ1v) is 7.79. The number of benzene rings is 1. The van der Waals surface area contributed by atoms with Gasteiger partial charge < -0.3 is 15.1 Å². The van der Waals surface area contributed by atoms with Gasteiger partial charge in [-0.25, -0.2) is 0 Å². The summed E-state index contributed by atoms with van der Waals surface area (Å²) >= 11 is 0. The van der Waals surface area contributed by atoms with Crippen LogP contribution in [-0.2, 0) is 16.6 Å². The second kappa shape index (κ2) is 4.23. The number of aromatic hydroxyl groups is 2. The number of likely N-dealkylation sites (tertiary alicyclic amines) is 1. The van der Waals surface area contributed by atoms with Crippen molar-refractivity contribution in [1.82, 2.24) is 4.90 Å². The largest absolute Gasteiger partial charge is 0.504 e. The average molecular weight is 287 g/mol. The van der Waals surface area contributed by atoms with Gasteiger partial charge in [-0.05, 0) is 50.4 Å². The Morgan fingerprint density at radius 3 is 2.95 bits per heavy atom. The van der Waals surface area contributed by atoms with Crippen LogP contribution in [0.2, 0.25) is 0 Å². The minimum absolute atomic E-state index is 0.00945. The van der Waals surface area contributed by atoms with Crippen LogP contribution in [0.5, 0.6) is 11.5 Å². The molecule has 1 aromatic carbocycles. The van der Waals surface area contributed by atoms with Gasteiger partial charge in [0.15, 0.2) is 11.5 Å². The highest BCUT2D eigenvalue weighted by molar-refractivity contribution is 5.82. The lowest BCUT2D eigenvalue weighted by atomic mass is 9.52. The van der Waals surface area contributed by atoms with Crippen LogP contribution in [0.25, 0.3) is 0 Å². The minimum Gasteiger partial charge on any atom is -0.504 e. The van der Waals surface area contributed by atoms with E-state index in [4.69, 9.17) is 0 Å². The highest BCUT2D eigenvalue weighted by Crippen LogP contribution is 2.58. The van der Waals surface area contributed by atoms with Gasteiger partial charge >= 0.3 is 0 Å². The smallest absolute Gasteiger partial charge is 0.161 e. The summed E-state index contributed by atoms with van der Waals surface area (Å²) in [6, 6.07) is 3.95. The Kier molecular flexibility index (Phi) is 2.65. The van der Waals surface area contributed by atoms with Crippen molar-refractivity contribution in [2.45, 2.75) is 43.6 Å². The molecule has 2 N–H and O–H groups in total. The lowest BCUT2D eigenvalue weighted by molar-refractivity contribution is -0.126. The lowest BCUT2D eigenvalue weighted by Crippen LogP contribution is -2.60. The summed E-state index contributed by atoms with van der Waals surface area (Å²) in [6.07, 6.45) is 3.88. The molecule has 1 unspecified atom stereocenters. The van der Waals surface area contributed by atoms with Gasteiger partial charge in [-0.2, -0.15) is 0 Å². The van der Waals surface area contributed by atoms with Crippen LogP contribution in [0.4, 0.5) is 0 Å². The van der Waals surface area contributed by atoms with Crippen LogP contribution < -0.4 is 0 Å². The number of hydrogen-bond donors (Lipinski definition) is 2. The van der Waals surface area contributed by atoms with Crippen LogP contribution in [0, 0.1) is 5.92 Å². The number of phenolic OH excluding ortho intramolecular Hbond substituents is 2. The maximum absolute atomic E-state index is 12.1. The van der Waals surface area contributed by atoms with E-state index in [9.17, 15) is 15.0 Å². The molecule has 1 aromatic rings.